The number of anilines is 3. The average molecular weight is 529 g/mol. The molecule has 2 aromatic heterocycles. The molecule has 5 rings (SSSR count). The van der Waals surface area contributed by atoms with Crippen molar-refractivity contribution in [1.82, 2.24) is 19.8 Å². The van der Waals surface area contributed by atoms with Crippen molar-refractivity contribution in [3.8, 4) is 5.75 Å². The van der Waals surface area contributed by atoms with Crippen molar-refractivity contribution >= 4 is 40.0 Å². The molecule has 1 aliphatic heterocycles. The van der Waals surface area contributed by atoms with Crippen LogP contribution in [0.3, 0.4) is 0 Å². The number of carbonyl (C=O) groups is 2. The Bertz CT molecular complexity index is 1480. The number of benzene rings is 2. The Morgan fingerprint density at radius 2 is 1.85 bits per heavy atom. The molecule has 202 valence electrons. The van der Waals surface area contributed by atoms with E-state index in [0.29, 0.717) is 28.5 Å². The van der Waals surface area contributed by atoms with E-state index in [1.165, 1.54) is 4.57 Å². The van der Waals surface area contributed by atoms with Gasteiger partial charge in [0.15, 0.2) is 0 Å². The maximum atomic E-state index is 12.9. The van der Waals surface area contributed by atoms with Crippen LogP contribution < -0.4 is 20.7 Å². The molecule has 1 aliphatic rings. The number of aromatic nitrogens is 2. The van der Waals surface area contributed by atoms with Crippen LogP contribution in [-0.2, 0) is 6.54 Å². The van der Waals surface area contributed by atoms with E-state index in [0.717, 1.165) is 48.9 Å². The smallest absolute Gasteiger partial charge is 0.325 e. The van der Waals surface area contributed by atoms with Crippen molar-refractivity contribution in [2.75, 3.05) is 37.9 Å². The van der Waals surface area contributed by atoms with Crippen molar-refractivity contribution in [1.29, 1.82) is 0 Å². The summed E-state index contributed by atoms with van der Waals surface area (Å²) >= 11 is 0. The summed E-state index contributed by atoms with van der Waals surface area (Å²) in [5.74, 6) is 0.725. The molecule has 0 bridgehead atoms. The molecule has 0 aliphatic carbocycles. The number of fused-ring (bicyclic) bond motifs is 1. The van der Waals surface area contributed by atoms with Gasteiger partial charge in [0.05, 0.1) is 24.4 Å². The first kappa shape index (κ1) is 26.2. The van der Waals surface area contributed by atoms with E-state index in [9.17, 15) is 14.7 Å². The number of rotatable bonds is 7. The molecule has 1 fully saturated rings. The number of carbonyl (C=O) groups excluding carboxylic acids is 2. The number of aliphatic hydroxyl groups is 1. The van der Waals surface area contributed by atoms with Gasteiger partial charge in [0.25, 0.3) is 5.91 Å². The summed E-state index contributed by atoms with van der Waals surface area (Å²) in [7, 11) is 3.15. The molecule has 4 N–H and O–H groups in total. The summed E-state index contributed by atoms with van der Waals surface area (Å²) in [4.78, 5) is 31.6. The van der Waals surface area contributed by atoms with Gasteiger partial charge in [-0.15, -0.1) is 0 Å². The Kier molecular flexibility index (Phi) is 7.76. The second-order valence-electron chi connectivity index (χ2n) is 9.57. The molecule has 0 atom stereocenters. The summed E-state index contributed by atoms with van der Waals surface area (Å²) in [5.41, 5.74) is 3.82. The van der Waals surface area contributed by atoms with Crippen molar-refractivity contribution in [2.24, 2.45) is 0 Å². The molecule has 10 heteroatoms. The predicted octanol–water partition coefficient (Wildman–Crippen LogP) is 4.19. The Hall–Kier alpha value is -4.41. The van der Waals surface area contributed by atoms with Gasteiger partial charge < -0.3 is 25.8 Å². The molecule has 10 nitrogen and oxygen atoms in total. The average Bonchev–Trinajstić information content (AvgIpc) is 3.36. The minimum atomic E-state index is -0.248. The Morgan fingerprint density at radius 1 is 1.08 bits per heavy atom. The lowest BCUT2D eigenvalue weighted by molar-refractivity contribution is 0.0792. The zero-order valence-corrected chi connectivity index (χ0v) is 22.0. The molecule has 2 amide bonds. The largest absolute Gasteiger partial charge is 0.494 e. The molecular weight excluding hydrogens is 496 g/mol. The summed E-state index contributed by atoms with van der Waals surface area (Å²) in [6.45, 7) is 2.56. The maximum Gasteiger partial charge on any atom is 0.325 e. The van der Waals surface area contributed by atoms with Crippen molar-refractivity contribution in [3.63, 3.8) is 0 Å². The molecule has 0 unspecified atom stereocenters. The number of pyridine rings is 1. The molecule has 39 heavy (non-hydrogen) atoms. The number of amides is 2. The van der Waals surface area contributed by atoms with Gasteiger partial charge in [0.2, 0.25) is 0 Å². The molecule has 0 saturated carbocycles. The SMILES string of the molecule is CNC(=O)n1ccc2cc(Nc3ccnc(NC(=O)c4ccc(CN5CCC(O)CC5)cc4)c3)c(OC)cc21. The van der Waals surface area contributed by atoms with Crippen LogP contribution in [0.2, 0.25) is 0 Å². The van der Waals surface area contributed by atoms with E-state index in [1.54, 1.807) is 44.8 Å². The maximum absolute atomic E-state index is 12.9. The van der Waals surface area contributed by atoms with Crippen LogP contribution in [-0.4, -0.2) is 64.8 Å². The number of nitrogens with one attached hydrogen (secondary N) is 3. The highest BCUT2D eigenvalue weighted by Crippen LogP contribution is 2.33. The highest BCUT2D eigenvalue weighted by atomic mass is 16.5. The van der Waals surface area contributed by atoms with E-state index < -0.39 is 0 Å². The molecule has 2 aromatic carbocycles. The van der Waals surface area contributed by atoms with Gasteiger partial charge in [-0.1, -0.05) is 12.1 Å². The number of nitrogens with zero attached hydrogens (tertiary/aromatic N) is 3. The fourth-order valence-electron chi connectivity index (χ4n) is 4.75. The Labute approximate surface area is 226 Å². The molecular formula is C29H32N6O4. The first-order valence-electron chi connectivity index (χ1n) is 12.9. The Morgan fingerprint density at radius 3 is 2.56 bits per heavy atom. The van der Waals surface area contributed by atoms with E-state index in [2.05, 4.69) is 25.8 Å². The first-order chi connectivity index (χ1) is 18.9. The predicted molar refractivity (Wildman–Crippen MR) is 151 cm³/mol. The molecule has 4 aromatic rings. The molecule has 1 saturated heterocycles. The zero-order chi connectivity index (χ0) is 27.4. The van der Waals surface area contributed by atoms with Crippen LogP contribution in [0.4, 0.5) is 22.0 Å². The van der Waals surface area contributed by atoms with Crippen LogP contribution in [0.5, 0.6) is 5.75 Å². The first-order valence-corrected chi connectivity index (χ1v) is 12.9. The van der Waals surface area contributed by atoms with Gasteiger partial charge in [-0.2, -0.15) is 0 Å². The van der Waals surface area contributed by atoms with Crippen LogP contribution in [0, 0.1) is 0 Å². The number of likely N-dealkylation sites (tertiary alicyclic amines) is 1. The van der Waals surface area contributed by atoms with E-state index >= 15 is 0 Å². The molecule has 0 spiro atoms. The normalized spacial score (nSPS) is 14.2. The highest BCUT2D eigenvalue weighted by molar-refractivity contribution is 6.04. The monoisotopic (exact) mass is 528 g/mol. The summed E-state index contributed by atoms with van der Waals surface area (Å²) in [6, 6.07) is 16.4. The standard InChI is InChI=1S/C29H32N6O4/c1-30-29(38)35-14-8-21-15-24(26(39-2)17-25(21)35)32-22-7-11-31-27(16-22)33-28(37)20-5-3-19(4-6-20)18-34-12-9-23(36)10-13-34/h3-8,11,14-17,23,36H,9-10,12-13,18H2,1-2H3,(H,30,38)(H2,31,32,33,37). The van der Waals surface area contributed by atoms with Gasteiger partial charge in [-0.25, -0.2) is 9.78 Å². The van der Waals surface area contributed by atoms with E-state index in [4.69, 9.17) is 4.74 Å². The van der Waals surface area contributed by atoms with Gasteiger partial charge >= 0.3 is 6.03 Å². The van der Waals surface area contributed by atoms with Gasteiger partial charge in [-0.3, -0.25) is 14.3 Å². The highest BCUT2D eigenvalue weighted by Gasteiger charge is 2.17. The van der Waals surface area contributed by atoms with Crippen LogP contribution in [0.1, 0.15) is 28.8 Å². The van der Waals surface area contributed by atoms with E-state index in [-0.39, 0.29) is 18.0 Å². The number of aliphatic hydroxyl groups excluding tert-OH is 1. The number of hydrogen-bond donors (Lipinski definition) is 4. The fraction of sp³-hybridized carbons (Fsp3) is 0.276. The minimum absolute atomic E-state index is 0.191. The zero-order valence-electron chi connectivity index (χ0n) is 22.0. The third-order valence-electron chi connectivity index (χ3n) is 6.90. The topological polar surface area (TPSA) is 121 Å². The number of ether oxygens (including phenoxy) is 1. The van der Waals surface area contributed by atoms with Gasteiger partial charge in [-0.05, 0) is 48.7 Å². The van der Waals surface area contributed by atoms with Gasteiger partial charge in [0, 0.05) is 67.8 Å². The summed E-state index contributed by atoms with van der Waals surface area (Å²) in [5, 5.41) is 19.4. The van der Waals surface area contributed by atoms with Crippen molar-refractivity contribution < 1.29 is 19.4 Å². The lowest BCUT2D eigenvalue weighted by Gasteiger charge is -2.29. The third kappa shape index (κ3) is 6.02. The van der Waals surface area contributed by atoms with E-state index in [1.807, 2.05) is 36.4 Å². The third-order valence-corrected chi connectivity index (χ3v) is 6.90. The minimum Gasteiger partial charge on any atom is -0.494 e. The van der Waals surface area contributed by atoms with Crippen LogP contribution in [0.15, 0.2) is 67.0 Å². The van der Waals surface area contributed by atoms with Crippen molar-refractivity contribution in [2.45, 2.75) is 25.5 Å². The second kappa shape index (κ2) is 11.5. The molecule has 3 heterocycles. The molecule has 0 radical (unpaired) electrons. The summed E-state index contributed by atoms with van der Waals surface area (Å²) in [6.07, 6.45) is 4.73. The van der Waals surface area contributed by atoms with Crippen LogP contribution in [0.25, 0.3) is 10.9 Å². The number of hydrogen-bond acceptors (Lipinski definition) is 7. The quantitative estimate of drug-likeness (QED) is 0.284. The second-order valence-corrected chi connectivity index (χ2v) is 9.57. The summed E-state index contributed by atoms with van der Waals surface area (Å²) < 4.78 is 7.09. The lowest BCUT2D eigenvalue weighted by Crippen LogP contribution is -2.35. The fourth-order valence-corrected chi connectivity index (χ4v) is 4.75. The van der Waals surface area contributed by atoms with Crippen molar-refractivity contribution in [3.05, 3.63) is 78.1 Å². The Balaban J connectivity index is 1.26. The number of methoxy groups -OCH3 is 1. The number of piperidine rings is 1. The van der Waals surface area contributed by atoms with Gasteiger partial charge in [0.1, 0.15) is 11.6 Å². The lowest BCUT2D eigenvalue weighted by atomic mass is 10.1. The van der Waals surface area contributed by atoms with Crippen LogP contribution >= 0.6 is 0 Å².